The topological polar surface area (TPSA) is 71.2 Å². The normalized spacial score (nSPS) is 27.6. The van der Waals surface area contributed by atoms with Gasteiger partial charge in [0.25, 0.3) is 0 Å². The Morgan fingerprint density at radius 3 is 2.87 bits per heavy atom. The summed E-state index contributed by atoms with van der Waals surface area (Å²) in [6, 6.07) is 0.0281. The molecular formula is C10H17N3O2. The zero-order valence-corrected chi connectivity index (χ0v) is 8.71. The van der Waals surface area contributed by atoms with Crippen molar-refractivity contribution in [3.8, 4) is 0 Å². The van der Waals surface area contributed by atoms with Gasteiger partial charge in [0.1, 0.15) is 5.69 Å². The van der Waals surface area contributed by atoms with Gasteiger partial charge >= 0.3 is 0 Å². The molecule has 1 fully saturated rings. The Labute approximate surface area is 88.7 Å². The van der Waals surface area contributed by atoms with Crippen molar-refractivity contribution in [2.75, 3.05) is 0 Å². The van der Waals surface area contributed by atoms with Gasteiger partial charge in [0.15, 0.2) is 0 Å². The maximum Gasteiger partial charge on any atom is 0.108 e. The highest BCUT2D eigenvalue weighted by molar-refractivity contribution is 4.92. The molecule has 2 rings (SSSR count). The number of nitrogens with zero attached hydrogens (tertiary/aromatic N) is 3. The minimum absolute atomic E-state index is 0.0281. The third kappa shape index (κ3) is 2.35. The zero-order valence-electron chi connectivity index (χ0n) is 8.71. The summed E-state index contributed by atoms with van der Waals surface area (Å²) in [4.78, 5) is 0. The summed E-state index contributed by atoms with van der Waals surface area (Å²) < 4.78 is 1.70. The second-order valence-electron chi connectivity index (χ2n) is 4.12. The van der Waals surface area contributed by atoms with E-state index in [2.05, 4.69) is 10.3 Å². The van der Waals surface area contributed by atoms with Crippen molar-refractivity contribution in [3.63, 3.8) is 0 Å². The van der Waals surface area contributed by atoms with Gasteiger partial charge in [0, 0.05) is 0 Å². The van der Waals surface area contributed by atoms with Crippen molar-refractivity contribution in [3.05, 3.63) is 11.9 Å². The molecule has 1 aromatic heterocycles. The van der Waals surface area contributed by atoms with E-state index in [9.17, 15) is 5.11 Å². The highest BCUT2D eigenvalue weighted by Crippen LogP contribution is 2.26. The van der Waals surface area contributed by atoms with Crippen LogP contribution < -0.4 is 0 Å². The number of aliphatic hydroxyl groups excluding tert-OH is 2. The lowest BCUT2D eigenvalue weighted by atomic mass is 10.1. The summed E-state index contributed by atoms with van der Waals surface area (Å²) >= 11 is 0. The molecule has 2 unspecified atom stereocenters. The van der Waals surface area contributed by atoms with Crippen molar-refractivity contribution < 1.29 is 10.2 Å². The molecule has 1 heterocycles. The first-order chi connectivity index (χ1) is 7.31. The van der Waals surface area contributed by atoms with E-state index in [1.165, 1.54) is 6.42 Å². The van der Waals surface area contributed by atoms with E-state index in [4.69, 9.17) is 5.11 Å². The standard InChI is InChI=1S/C10H17N3O2/c14-7-8-6-13(12-11-8)9-4-2-1-3-5-10(9)15/h6,9-10,14-15H,1-5,7H2. The van der Waals surface area contributed by atoms with Gasteiger partial charge in [0.2, 0.25) is 0 Å². The molecule has 0 radical (unpaired) electrons. The molecule has 84 valence electrons. The lowest BCUT2D eigenvalue weighted by Gasteiger charge is -2.19. The van der Waals surface area contributed by atoms with Crippen molar-refractivity contribution in [2.45, 2.75) is 50.9 Å². The molecule has 2 N–H and O–H groups in total. The van der Waals surface area contributed by atoms with Crippen molar-refractivity contribution in [2.24, 2.45) is 0 Å². The Kier molecular flexibility index (Phi) is 3.33. The minimum Gasteiger partial charge on any atom is -0.391 e. The van der Waals surface area contributed by atoms with Gasteiger partial charge in [-0.1, -0.05) is 24.5 Å². The largest absolute Gasteiger partial charge is 0.391 e. The molecule has 5 heteroatoms. The molecular weight excluding hydrogens is 194 g/mol. The van der Waals surface area contributed by atoms with E-state index < -0.39 is 0 Å². The van der Waals surface area contributed by atoms with Gasteiger partial charge in [-0.2, -0.15) is 0 Å². The second kappa shape index (κ2) is 4.72. The summed E-state index contributed by atoms with van der Waals surface area (Å²) in [5, 5.41) is 26.6. The molecule has 1 aliphatic rings. The van der Waals surface area contributed by atoms with Crippen LogP contribution in [0.5, 0.6) is 0 Å². The van der Waals surface area contributed by atoms with Crippen LogP contribution in [0.2, 0.25) is 0 Å². The van der Waals surface area contributed by atoms with Gasteiger partial charge in [0.05, 0.1) is 24.9 Å². The van der Waals surface area contributed by atoms with E-state index in [0.29, 0.717) is 5.69 Å². The highest BCUT2D eigenvalue weighted by atomic mass is 16.3. The first-order valence-corrected chi connectivity index (χ1v) is 5.51. The third-order valence-electron chi connectivity index (χ3n) is 3.00. The van der Waals surface area contributed by atoms with Gasteiger partial charge < -0.3 is 10.2 Å². The molecule has 2 atom stereocenters. The average molecular weight is 211 g/mol. The van der Waals surface area contributed by atoms with E-state index >= 15 is 0 Å². The van der Waals surface area contributed by atoms with E-state index in [-0.39, 0.29) is 18.8 Å². The fraction of sp³-hybridized carbons (Fsp3) is 0.800. The van der Waals surface area contributed by atoms with Crippen LogP contribution in [-0.2, 0) is 6.61 Å². The van der Waals surface area contributed by atoms with Gasteiger partial charge in [-0.3, -0.25) is 0 Å². The Morgan fingerprint density at radius 1 is 1.33 bits per heavy atom. The SMILES string of the molecule is OCc1cn(C2CCCCCC2O)nn1. The predicted octanol–water partition coefficient (Wildman–Crippen LogP) is 0.636. The van der Waals surface area contributed by atoms with Crippen LogP contribution in [-0.4, -0.2) is 31.3 Å². The molecule has 1 aliphatic carbocycles. The maximum absolute atomic E-state index is 9.93. The number of aliphatic hydroxyl groups is 2. The Balaban J connectivity index is 2.12. The smallest absolute Gasteiger partial charge is 0.108 e. The van der Waals surface area contributed by atoms with Crippen LogP contribution in [0.25, 0.3) is 0 Å². The molecule has 0 aliphatic heterocycles. The molecule has 5 nitrogen and oxygen atoms in total. The maximum atomic E-state index is 9.93. The van der Waals surface area contributed by atoms with E-state index in [0.717, 1.165) is 25.7 Å². The van der Waals surface area contributed by atoms with Crippen molar-refractivity contribution in [1.29, 1.82) is 0 Å². The Hall–Kier alpha value is -0.940. The van der Waals surface area contributed by atoms with Crippen molar-refractivity contribution in [1.82, 2.24) is 15.0 Å². The molecule has 0 spiro atoms. The number of aromatic nitrogens is 3. The van der Waals surface area contributed by atoms with E-state index in [1.54, 1.807) is 10.9 Å². The van der Waals surface area contributed by atoms with Crippen LogP contribution in [0.1, 0.15) is 43.8 Å². The summed E-state index contributed by atoms with van der Waals surface area (Å²) in [5.41, 5.74) is 0.562. The first kappa shape index (κ1) is 10.6. The molecule has 0 saturated heterocycles. The quantitative estimate of drug-likeness (QED) is 0.704. The van der Waals surface area contributed by atoms with Crippen molar-refractivity contribution >= 4 is 0 Å². The summed E-state index contributed by atoms with van der Waals surface area (Å²) in [7, 11) is 0. The van der Waals surface area contributed by atoms with Crippen LogP contribution in [0.4, 0.5) is 0 Å². The molecule has 15 heavy (non-hydrogen) atoms. The molecule has 0 bridgehead atoms. The monoisotopic (exact) mass is 211 g/mol. The van der Waals surface area contributed by atoms with E-state index in [1.807, 2.05) is 0 Å². The second-order valence-corrected chi connectivity index (χ2v) is 4.12. The van der Waals surface area contributed by atoms with Crippen LogP contribution in [0.3, 0.4) is 0 Å². The lowest BCUT2D eigenvalue weighted by molar-refractivity contribution is 0.0980. The summed E-state index contributed by atoms with van der Waals surface area (Å²) in [6.07, 6.45) is 6.54. The first-order valence-electron chi connectivity index (χ1n) is 5.51. The lowest BCUT2D eigenvalue weighted by Crippen LogP contribution is -2.23. The number of hydrogen-bond donors (Lipinski definition) is 2. The van der Waals surface area contributed by atoms with Crippen LogP contribution in [0.15, 0.2) is 6.20 Å². The number of hydrogen-bond acceptors (Lipinski definition) is 4. The highest BCUT2D eigenvalue weighted by Gasteiger charge is 2.24. The van der Waals surface area contributed by atoms with Crippen LogP contribution in [0, 0.1) is 0 Å². The summed E-state index contributed by atoms with van der Waals surface area (Å²) in [5.74, 6) is 0. The van der Waals surface area contributed by atoms with Gasteiger partial charge in [-0.15, -0.1) is 5.10 Å². The predicted molar refractivity (Wildman–Crippen MR) is 54.1 cm³/mol. The van der Waals surface area contributed by atoms with Gasteiger partial charge in [-0.05, 0) is 12.8 Å². The fourth-order valence-electron chi connectivity index (χ4n) is 2.12. The minimum atomic E-state index is -0.333. The zero-order chi connectivity index (χ0) is 10.7. The third-order valence-corrected chi connectivity index (χ3v) is 3.00. The summed E-state index contributed by atoms with van der Waals surface area (Å²) in [6.45, 7) is -0.0944. The molecule has 1 saturated carbocycles. The Bertz CT molecular complexity index is 313. The number of rotatable bonds is 2. The average Bonchev–Trinajstić information content (AvgIpc) is 2.62. The fourth-order valence-corrected chi connectivity index (χ4v) is 2.12. The molecule has 0 amide bonds. The Morgan fingerprint density at radius 2 is 2.13 bits per heavy atom. The van der Waals surface area contributed by atoms with Crippen LogP contribution >= 0.6 is 0 Å². The molecule has 0 aromatic carbocycles. The molecule has 1 aromatic rings. The van der Waals surface area contributed by atoms with Gasteiger partial charge in [-0.25, -0.2) is 4.68 Å².